The molecular weight excluding hydrogens is 326 g/mol. The van der Waals surface area contributed by atoms with E-state index in [9.17, 15) is 9.59 Å². The molecule has 1 saturated carbocycles. The van der Waals surface area contributed by atoms with Crippen molar-refractivity contribution in [3.05, 3.63) is 72.4 Å². The maximum Gasteiger partial charge on any atom is 0.256 e. The lowest BCUT2D eigenvalue weighted by Gasteiger charge is -2.23. The molecule has 0 aromatic heterocycles. The normalized spacial score (nSPS) is 24.3. The van der Waals surface area contributed by atoms with Crippen molar-refractivity contribution in [1.29, 1.82) is 0 Å². The van der Waals surface area contributed by atoms with Gasteiger partial charge in [-0.05, 0) is 36.3 Å². The number of hydrogen-bond donors (Lipinski definition) is 0. The summed E-state index contributed by atoms with van der Waals surface area (Å²) in [6.45, 7) is 0. The van der Waals surface area contributed by atoms with Crippen LogP contribution >= 0.6 is 0 Å². The number of anilines is 2. The van der Waals surface area contributed by atoms with Gasteiger partial charge in [0, 0.05) is 18.3 Å². The van der Waals surface area contributed by atoms with Crippen LogP contribution in [-0.4, -0.2) is 17.5 Å². The molecule has 5 rings (SSSR count). The van der Waals surface area contributed by atoms with Crippen LogP contribution in [0.2, 0.25) is 0 Å². The molecule has 0 saturated heterocycles. The largest absolute Gasteiger partial charge is 0.287 e. The van der Waals surface area contributed by atoms with Crippen molar-refractivity contribution in [1.82, 2.24) is 0 Å². The van der Waals surface area contributed by atoms with Gasteiger partial charge in [-0.15, -0.1) is 0 Å². The number of nitrogens with zero attached hydrogens (tertiary/aromatic N) is 3. The van der Waals surface area contributed by atoms with Gasteiger partial charge >= 0.3 is 0 Å². The number of amides is 2. The standard InChI is InChI=1S/C21H17N3O2/c25-20-17-12-19-18(21(26)24(22-19)16-9-5-2-6-10-16)11-14(17)13-23(20)15-7-3-1-4-8-15/h1-10,13,17-18H,11-12H2/t17-,18-/m0/s1. The number of hydrazone groups is 1. The van der Waals surface area contributed by atoms with Crippen molar-refractivity contribution >= 4 is 28.9 Å². The van der Waals surface area contributed by atoms with Crippen molar-refractivity contribution in [3.63, 3.8) is 0 Å². The SMILES string of the molecule is O=C1[C@H]2CC3=NN(c4ccccc4)C(=O)[C@H]3CC2=CN1c1ccccc1. The van der Waals surface area contributed by atoms with Crippen LogP contribution in [0, 0.1) is 11.8 Å². The van der Waals surface area contributed by atoms with E-state index in [0.29, 0.717) is 12.8 Å². The molecule has 128 valence electrons. The predicted molar refractivity (Wildman–Crippen MR) is 99.6 cm³/mol. The zero-order valence-electron chi connectivity index (χ0n) is 14.1. The van der Waals surface area contributed by atoms with Crippen LogP contribution in [0.15, 0.2) is 77.5 Å². The molecule has 2 aromatic rings. The molecule has 1 aliphatic carbocycles. The Morgan fingerprint density at radius 3 is 2.12 bits per heavy atom. The molecule has 0 unspecified atom stereocenters. The molecule has 1 fully saturated rings. The number of benzene rings is 2. The van der Waals surface area contributed by atoms with E-state index in [2.05, 4.69) is 5.10 Å². The van der Waals surface area contributed by atoms with Gasteiger partial charge in [0.05, 0.1) is 23.2 Å². The van der Waals surface area contributed by atoms with Gasteiger partial charge < -0.3 is 0 Å². The molecule has 2 heterocycles. The highest BCUT2D eigenvalue weighted by Crippen LogP contribution is 2.42. The minimum absolute atomic E-state index is 0.00356. The third-order valence-electron chi connectivity index (χ3n) is 5.30. The molecule has 5 heteroatoms. The molecule has 3 aliphatic rings. The fourth-order valence-electron chi connectivity index (χ4n) is 3.97. The third kappa shape index (κ3) is 2.20. The van der Waals surface area contributed by atoms with Crippen LogP contribution in [0.4, 0.5) is 11.4 Å². The number of carbonyl (C=O) groups is 2. The zero-order valence-corrected chi connectivity index (χ0v) is 14.1. The van der Waals surface area contributed by atoms with E-state index >= 15 is 0 Å². The predicted octanol–water partition coefficient (Wildman–Crippen LogP) is 3.35. The second kappa shape index (κ2) is 5.66. The van der Waals surface area contributed by atoms with Gasteiger partial charge in [-0.25, -0.2) is 5.01 Å². The minimum Gasteiger partial charge on any atom is -0.287 e. The quantitative estimate of drug-likeness (QED) is 0.840. The molecule has 2 aliphatic heterocycles. The Bertz CT molecular complexity index is 870. The van der Waals surface area contributed by atoms with Gasteiger partial charge in [0.2, 0.25) is 5.91 Å². The fraction of sp³-hybridized carbons (Fsp3) is 0.190. The zero-order chi connectivity index (χ0) is 17.7. The first-order valence-corrected chi connectivity index (χ1v) is 8.77. The van der Waals surface area contributed by atoms with E-state index < -0.39 is 0 Å². The second-order valence-corrected chi connectivity index (χ2v) is 6.84. The van der Waals surface area contributed by atoms with E-state index in [4.69, 9.17) is 0 Å². The summed E-state index contributed by atoms with van der Waals surface area (Å²) >= 11 is 0. The third-order valence-corrected chi connectivity index (χ3v) is 5.30. The van der Waals surface area contributed by atoms with E-state index in [0.717, 1.165) is 22.7 Å². The van der Waals surface area contributed by atoms with Gasteiger partial charge in [0.25, 0.3) is 5.91 Å². The van der Waals surface area contributed by atoms with E-state index in [1.54, 1.807) is 4.90 Å². The lowest BCUT2D eigenvalue weighted by molar-refractivity contribution is -0.121. The molecule has 2 amide bonds. The van der Waals surface area contributed by atoms with Gasteiger partial charge in [0.1, 0.15) is 0 Å². The molecule has 0 bridgehead atoms. The van der Waals surface area contributed by atoms with Crippen molar-refractivity contribution in [2.24, 2.45) is 16.9 Å². The first kappa shape index (κ1) is 15.1. The number of hydrogen-bond acceptors (Lipinski definition) is 3. The maximum atomic E-state index is 12.9. The number of fused-ring (bicyclic) bond motifs is 2. The number of para-hydroxylation sites is 2. The summed E-state index contributed by atoms with van der Waals surface area (Å²) < 4.78 is 0. The first-order chi connectivity index (χ1) is 12.7. The Kier molecular flexibility index (Phi) is 3.28. The Morgan fingerprint density at radius 1 is 0.769 bits per heavy atom. The molecule has 0 radical (unpaired) electrons. The molecule has 2 atom stereocenters. The summed E-state index contributed by atoms with van der Waals surface area (Å²) in [5.41, 5.74) is 3.50. The fourth-order valence-corrected chi connectivity index (χ4v) is 3.97. The highest BCUT2D eigenvalue weighted by Gasteiger charge is 2.47. The summed E-state index contributed by atoms with van der Waals surface area (Å²) in [4.78, 5) is 27.4. The average Bonchev–Trinajstić information content (AvgIpc) is 3.19. The van der Waals surface area contributed by atoms with Crippen molar-refractivity contribution in [2.45, 2.75) is 12.8 Å². The van der Waals surface area contributed by atoms with E-state index in [-0.39, 0.29) is 23.7 Å². The lowest BCUT2D eigenvalue weighted by atomic mass is 9.78. The summed E-state index contributed by atoms with van der Waals surface area (Å²) in [7, 11) is 0. The van der Waals surface area contributed by atoms with Crippen LogP contribution in [0.25, 0.3) is 0 Å². The van der Waals surface area contributed by atoms with Gasteiger partial charge in [-0.1, -0.05) is 36.4 Å². The summed E-state index contributed by atoms with van der Waals surface area (Å²) in [5, 5.41) is 6.04. The lowest BCUT2D eigenvalue weighted by Crippen LogP contribution is -2.34. The maximum absolute atomic E-state index is 12.9. The van der Waals surface area contributed by atoms with Crippen LogP contribution in [0.5, 0.6) is 0 Å². The van der Waals surface area contributed by atoms with E-state index in [1.807, 2.05) is 66.9 Å². The van der Waals surface area contributed by atoms with Crippen LogP contribution in [0.3, 0.4) is 0 Å². The average molecular weight is 343 g/mol. The molecule has 0 spiro atoms. The molecule has 2 aromatic carbocycles. The van der Waals surface area contributed by atoms with Crippen molar-refractivity contribution in [3.8, 4) is 0 Å². The summed E-state index contributed by atoms with van der Waals surface area (Å²) in [5.74, 6) is -0.385. The van der Waals surface area contributed by atoms with E-state index in [1.165, 1.54) is 5.01 Å². The molecule has 0 N–H and O–H groups in total. The van der Waals surface area contributed by atoms with Crippen LogP contribution in [-0.2, 0) is 9.59 Å². The van der Waals surface area contributed by atoms with Gasteiger partial charge in [-0.2, -0.15) is 5.10 Å². The second-order valence-electron chi connectivity index (χ2n) is 6.84. The Balaban J connectivity index is 1.44. The Morgan fingerprint density at radius 2 is 1.42 bits per heavy atom. The Hall–Kier alpha value is -3.21. The molecule has 5 nitrogen and oxygen atoms in total. The van der Waals surface area contributed by atoms with Gasteiger partial charge in [0.15, 0.2) is 0 Å². The topological polar surface area (TPSA) is 53.0 Å². The van der Waals surface area contributed by atoms with Gasteiger partial charge in [-0.3, -0.25) is 14.5 Å². The van der Waals surface area contributed by atoms with Crippen LogP contribution in [0.1, 0.15) is 12.8 Å². The number of carbonyl (C=O) groups excluding carboxylic acids is 2. The van der Waals surface area contributed by atoms with Crippen molar-refractivity contribution < 1.29 is 9.59 Å². The van der Waals surface area contributed by atoms with Crippen LogP contribution < -0.4 is 9.91 Å². The monoisotopic (exact) mass is 343 g/mol. The van der Waals surface area contributed by atoms with Crippen molar-refractivity contribution in [2.75, 3.05) is 9.91 Å². The summed E-state index contributed by atoms with van der Waals surface area (Å²) in [6.07, 6.45) is 3.01. The minimum atomic E-state index is -0.249. The first-order valence-electron chi connectivity index (χ1n) is 8.77. The summed E-state index contributed by atoms with van der Waals surface area (Å²) in [6, 6.07) is 19.1. The molecular formula is C21H17N3O2. The number of rotatable bonds is 2. The smallest absolute Gasteiger partial charge is 0.256 e. The molecule has 26 heavy (non-hydrogen) atoms. The highest BCUT2D eigenvalue weighted by atomic mass is 16.2. The Labute approximate surface area is 151 Å². The highest BCUT2D eigenvalue weighted by molar-refractivity contribution is 6.18.